The number of rotatable bonds is 2. The molecule has 0 amide bonds. The van der Waals surface area contributed by atoms with Crippen LogP contribution in [0.3, 0.4) is 0 Å². The third-order valence-electron chi connectivity index (χ3n) is 3.53. The zero-order valence-corrected chi connectivity index (χ0v) is 9.81. The lowest BCUT2D eigenvalue weighted by Crippen LogP contribution is -2.25. The maximum atomic E-state index is 5.38. The molecule has 3 rings (SSSR count). The number of H-pyrrole nitrogens is 1. The molecule has 0 spiro atoms. The quantitative estimate of drug-likeness (QED) is 0.858. The summed E-state index contributed by atoms with van der Waals surface area (Å²) in [5, 5.41) is 10.5. The van der Waals surface area contributed by atoms with Gasteiger partial charge in [0.25, 0.3) is 0 Å². The molecular weight excluding hydrogens is 218 g/mol. The van der Waals surface area contributed by atoms with Crippen LogP contribution >= 0.6 is 0 Å². The van der Waals surface area contributed by atoms with Gasteiger partial charge in [0, 0.05) is 5.41 Å². The third-order valence-corrected chi connectivity index (χ3v) is 3.53. The van der Waals surface area contributed by atoms with Crippen LogP contribution in [-0.4, -0.2) is 25.3 Å². The monoisotopic (exact) mass is 233 g/mol. The second kappa shape index (κ2) is 3.94. The van der Waals surface area contributed by atoms with E-state index in [0.29, 0.717) is 11.6 Å². The van der Waals surface area contributed by atoms with Gasteiger partial charge in [-0.2, -0.15) is 10.1 Å². The lowest BCUT2D eigenvalue weighted by molar-refractivity contribution is 0.232. The van der Waals surface area contributed by atoms with Crippen LogP contribution in [0.5, 0.6) is 0 Å². The number of nitrogens with one attached hydrogen (secondary N) is 1. The van der Waals surface area contributed by atoms with E-state index in [1.807, 2.05) is 0 Å². The first-order valence-corrected chi connectivity index (χ1v) is 5.98. The summed E-state index contributed by atoms with van der Waals surface area (Å²) < 4.78 is 5.38. The maximum absolute atomic E-state index is 5.38. The molecule has 6 nitrogen and oxygen atoms in total. The molecule has 0 aromatic carbocycles. The Balaban J connectivity index is 1.89. The fraction of sp³-hybridized carbons (Fsp3) is 0.636. The molecule has 1 aliphatic rings. The van der Waals surface area contributed by atoms with Crippen LogP contribution < -0.4 is 0 Å². The van der Waals surface area contributed by atoms with Crippen molar-refractivity contribution in [1.29, 1.82) is 0 Å². The molecule has 90 valence electrons. The first kappa shape index (κ1) is 10.4. The molecule has 0 saturated heterocycles. The van der Waals surface area contributed by atoms with Crippen molar-refractivity contribution < 1.29 is 4.52 Å². The van der Waals surface area contributed by atoms with E-state index < -0.39 is 0 Å². The first-order valence-electron chi connectivity index (χ1n) is 5.98. The molecular formula is C11H15N5O. The van der Waals surface area contributed by atoms with Crippen molar-refractivity contribution in [1.82, 2.24) is 25.3 Å². The van der Waals surface area contributed by atoms with Gasteiger partial charge in [-0.15, -0.1) is 0 Å². The van der Waals surface area contributed by atoms with Crippen LogP contribution in [0.4, 0.5) is 0 Å². The predicted molar refractivity (Wildman–Crippen MR) is 60.1 cm³/mol. The van der Waals surface area contributed by atoms with Gasteiger partial charge in [-0.1, -0.05) is 31.3 Å². The average molecular weight is 233 g/mol. The number of aromatic nitrogens is 5. The van der Waals surface area contributed by atoms with Crippen molar-refractivity contribution in [3.8, 4) is 11.6 Å². The Morgan fingerprint density at radius 2 is 2.12 bits per heavy atom. The molecule has 0 bridgehead atoms. The molecule has 2 heterocycles. The van der Waals surface area contributed by atoms with Gasteiger partial charge >= 0.3 is 0 Å². The first-order chi connectivity index (χ1) is 8.28. The van der Waals surface area contributed by atoms with E-state index in [4.69, 9.17) is 4.52 Å². The van der Waals surface area contributed by atoms with Crippen LogP contribution in [0, 0.1) is 0 Å². The van der Waals surface area contributed by atoms with Gasteiger partial charge in [-0.05, 0) is 12.8 Å². The SMILES string of the molecule is CC1(c2nc(-c3ncn[nH]3)no2)CCCCC1. The Bertz CT molecular complexity index is 484. The molecule has 0 aliphatic heterocycles. The van der Waals surface area contributed by atoms with Crippen molar-refractivity contribution in [2.24, 2.45) is 0 Å². The summed E-state index contributed by atoms with van der Waals surface area (Å²) in [6.07, 6.45) is 7.44. The van der Waals surface area contributed by atoms with Crippen molar-refractivity contribution in [2.75, 3.05) is 0 Å². The Hall–Kier alpha value is -1.72. The fourth-order valence-corrected chi connectivity index (χ4v) is 2.42. The number of hydrogen-bond donors (Lipinski definition) is 1. The third kappa shape index (κ3) is 1.83. The Kier molecular flexibility index (Phi) is 2.42. The minimum atomic E-state index is 0.0313. The second-order valence-electron chi connectivity index (χ2n) is 4.88. The van der Waals surface area contributed by atoms with Gasteiger partial charge in [0.05, 0.1) is 0 Å². The summed E-state index contributed by atoms with van der Waals surface area (Å²) in [6.45, 7) is 2.20. The van der Waals surface area contributed by atoms with Crippen molar-refractivity contribution in [3.63, 3.8) is 0 Å². The van der Waals surface area contributed by atoms with Crippen molar-refractivity contribution in [2.45, 2.75) is 44.4 Å². The molecule has 0 atom stereocenters. The van der Waals surface area contributed by atoms with Gasteiger partial charge in [0.15, 0.2) is 5.82 Å². The Morgan fingerprint density at radius 3 is 2.82 bits per heavy atom. The number of aromatic amines is 1. The van der Waals surface area contributed by atoms with Crippen LogP contribution in [0.15, 0.2) is 10.9 Å². The Morgan fingerprint density at radius 1 is 1.29 bits per heavy atom. The maximum Gasteiger partial charge on any atom is 0.239 e. The van der Waals surface area contributed by atoms with Crippen LogP contribution in [0.25, 0.3) is 11.6 Å². The largest absolute Gasteiger partial charge is 0.338 e. The normalized spacial score (nSPS) is 19.4. The van der Waals surface area contributed by atoms with Gasteiger partial charge in [0.1, 0.15) is 6.33 Å². The molecule has 6 heteroatoms. The summed E-state index contributed by atoms with van der Waals surface area (Å²) in [4.78, 5) is 8.45. The molecule has 0 radical (unpaired) electrons. The minimum Gasteiger partial charge on any atom is -0.338 e. The topological polar surface area (TPSA) is 80.5 Å². The molecule has 1 fully saturated rings. The summed E-state index contributed by atoms with van der Waals surface area (Å²) in [6, 6.07) is 0. The lowest BCUT2D eigenvalue weighted by atomic mass is 9.76. The highest BCUT2D eigenvalue weighted by atomic mass is 16.5. The smallest absolute Gasteiger partial charge is 0.239 e. The predicted octanol–water partition coefficient (Wildman–Crippen LogP) is 2.08. The van der Waals surface area contributed by atoms with Crippen LogP contribution in [0.2, 0.25) is 0 Å². The summed E-state index contributed by atoms with van der Waals surface area (Å²) in [5.74, 6) is 1.77. The highest BCUT2D eigenvalue weighted by Crippen LogP contribution is 2.38. The molecule has 1 aliphatic carbocycles. The lowest BCUT2D eigenvalue weighted by Gasteiger charge is -2.29. The zero-order valence-electron chi connectivity index (χ0n) is 9.81. The zero-order chi connectivity index (χ0) is 11.7. The standard InChI is InChI=1S/C11H15N5O/c1-11(5-3-2-4-6-11)10-14-9(16-17-10)8-12-7-13-15-8/h7H,2-6H2,1H3,(H,12,13,15). The van der Waals surface area contributed by atoms with E-state index >= 15 is 0 Å². The molecule has 0 unspecified atom stereocenters. The highest BCUT2D eigenvalue weighted by Gasteiger charge is 2.34. The van der Waals surface area contributed by atoms with E-state index in [9.17, 15) is 0 Å². The molecule has 2 aromatic rings. The van der Waals surface area contributed by atoms with E-state index in [1.165, 1.54) is 25.6 Å². The van der Waals surface area contributed by atoms with E-state index in [2.05, 4.69) is 32.2 Å². The van der Waals surface area contributed by atoms with E-state index in [1.54, 1.807) is 0 Å². The minimum absolute atomic E-state index is 0.0313. The van der Waals surface area contributed by atoms with Gasteiger partial charge in [0.2, 0.25) is 11.7 Å². The number of nitrogens with zero attached hydrogens (tertiary/aromatic N) is 4. The van der Waals surface area contributed by atoms with E-state index in [-0.39, 0.29) is 5.41 Å². The summed E-state index contributed by atoms with van der Waals surface area (Å²) in [7, 11) is 0. The molecule has 17 heavy (non-hydrogen) atoms. The number of hydrogen-bond acceptors (Lipinski definition) is 5. The van der Waals surface area contributed by atoms with Crippen molar-refractivity contribution >= 4 is 0 Å². The second-order valence-corrected chi connectivity index (χ2v) is 4.88. The Labute approximate surface area is 98.8 Å². The van der Waals surface area contributed by atoms with Gasteiger partial charge in [-0.25, -0.2) is 4.98 Å². The average Bonchev–Trinajstić information content (AvgIpc) is 3.01. The molecule has 2 aromatic heterocycles. The van der Waals surface area contributed by atoms with Crippen molar-refractivity contribution in [3.05, 3.63) is 12.2 Å². The molecule has 1 N–H and O–H groups in total. The van der Waals surface area contributed by atoms with Gasteiger partial charge in [-0.3, -0.25) is 5.10 Å². The molecule has 1 saturated carbocycles. The summed E-state index contributed by atoms with van der Waals surface area (Å²) >= 11 is 0. The highest BCUT2D eigenvalue weighted by molar-refractivity contribution is 5.40. The van der Waals surface area contributed by atoms with Crippen LogP contribution in [0.1, 0.15) is 44.9 Å². The van der Waals surface area contributed by atoms with Crippen LogP contribution in [-0.2, 0) is 5.41 Å². The fourth-order valence-electron chi connectivity index (χ4n) is 2.42. The van der Waals surface area contributed by atoms with Gasteiger partial charge < -0.3 is 4.52 Å². The summed E-state index contributed by atoms with van der Waals surface area (Å²) in [5.41, 5.74) is 0.0313. The van der Waals surface area contributed by atoms with E-state index in [0.717, 1.165) is 18.7 Å².